The van der Waals surface area contributed by atoms with Gasteiger partial charge in [0.25, 0.3) is 0 Å². The number of carboxylic acid groups (broad SMARTS) is 1. The number of anilines is 4. The van der Waals surface area contributed by atoms with Gasteiger partial charge in [0.1, 0.15) is 23.7 Å². The second-order valence-electron chi connectivity index (χ2n) is 6.43. The Morgan fingerprint density at radius 1 is 1.03 bits per heavy atom. The zero-order valence-electron chi connectivity index (χ0n) is 18.1. The molecule has 0 radical (unpaired) electrons. The highest BCUT2D eigenvalue weighted by molar-refractivity contribution is 7.89. The molecular formula is C20H19ClF3N5O5S. The number of ether oxygens (including phenoxy) is 1. The molecule has 0 aliphatic heterocycles. The number of nitrogens with one attached hydrogen (secondary N) is 3. The molecule has 0 aliphatic carbocycles. The number of hydrogen-bond acceptors (Lipinski definition) is 8. The van der Waals surface area contributed by atoms with Crippen LogP contribution in [0, 0.1) is 0 Å². The smallest absolute Gasteiger partial charge is 0.490 e. The summed E-state index contributed by atoms with van der Waals surface area (Å²) in [6, 6.07) is 13.4. The average Bonchev–Trinajstić information content (AvgIpc) is 2.80. The van der Waals surface area contributed by atoms with Crippen molar-refractivity contribution in [1.29, 1.82) is 0 Å². The molecule has 0 saturated heterocycles. The summed E-state index contributed by atoms with van der Waals surface area (Å²) in [6.07, 6.45) is -3.69. The third-order valence-corrected chi connectivity index (χ3v) is 5.74. The van der Waals surface area contributed by atoms with Crippen molar-refractivity contribution >= 4 is 50.6 Å². The van der Waals surface area contributed by atoms with Crippen LogP contribution in [0.2, 0.25) is 5.02 Å². The van der Waals surface area contributed by atoms with Crippen molar-refractivity contribution < 1.29 is 36.2 Å². The van der Waals surface area contributed by atoms with Crippen molar-refractivity contribution in [2.45, 2.75) is 11.1 Å². The topological polar surface area (TPSA) is 143 Å². The van der Waals surface area contributed by atoms with Gasteiger partial charge in [-0.2, -0.15) is 13.2 Å². The van der Waals surface area contributed by atoms with Gasteiger partial charge in [-0.1, -0.05) is 17.7 Å². The highest BCUT2D eigenvalue weighted by Crippen LogP contribution is 2.29. The minimum atomic E-state index is -5.08. The Bertz CT molecular complexity index is 1290. The van der Waals surface area contributed by atoms with E-state index in [0.717, 1.165) is 5.69 Å². The summed E-state index contributed by atoms with van der Waals surface area (Å²) in [5.41, 5.74) is 1.32. The van der Waals surface area contributed by atoms with Gasteiger partial charge in [0.05, 0.1) is 17.0 Å². The molecule has 3 rings (SSSR count). The Kier molecular flexibility index (Phi) is 9.22. The van der Waals surface area contributed by atoms with Crippen molar-refractivity contribution in [3.05, 3.63) is 59.9 Å². The number of aliphatic carboxylic acids is 1. The molecule has 35 heavy (non-hydrogen) atoms. The van der Waals surface area contributed by atoms with Gasteiger partial charge >= 0.3 is 12.1 Å². The zero-order valence-corrected chi connectivity index (χ0v) is 19.7. The largest absolute Gasteiger partial charge is 0.495 e. The van der Waals surface area contributed by atoms with Gasteiger partial charge in [0.2, 0.25) is 10.0 Å². The zero-order chi connectivity index (χ0) is 26.2. The summed E-state index contributed by atoms with van der Waals surface area (Å²) in [6.45, 7) is 0. The SMILES string of the molecule is CNS(=O)(=O)c1cccc(Nc2cc(Nc3ccc(Cl)c(OC)c3)ncn2)c1.O=C(O)C(F)(F)F. The van der Waals surface area contributed by atoms with Crippen LogP contribution in [0.3, 0.4) is 0 Å². The Labute approximate surface area is 203 Å². The van der Waals surface area contributed by atoms with Crippen LogP contribution in [0.4, 0.5) is 36.2 Å². The maximum absolute atomic E-state index is 11.9. The lowest BCUT2D eigenvalue weighted by molar-refractivity contribution is -0.192. The lowest BCUT2D eigenvalue weighted by atomic mass is 10.3. The van der Waals surface area contributed by atoms with E-state index in [2.05, 4.69) is 25.3 Å². The number of rotatable bonds is 7. The van der Waals surface area contributed by atoms with Gasteiger partial charge < -0.3 is 20.5 Å². The number of methoxy groups -OCH3 is 1. The van der Waals surface area contributed by atoms with Gasteiger partial charge in [-0.25, -0.2) is 27.9 Å². The van der Waals surface area contributed by atoms with Gasteiger partial charge in [-0.05, 0) is 37.4 Å². The number of alkyl halides is 3. The summed E-state index contributed by atoms with van der Waals surface area (Å²) in [4.78, 5) is 17.4. The number of hydrogen-bond donors (Lipinski definition) is 4. The van der Waals surface area contributed by atoms with Crippen LogP contribution in [0.1, 0.15) is 0 Å². The molecule has 0 atom stereocenters. The van der Waals surface area contributed by atoms with Crippen LogP contribution in [-0.2, 0) is 14.8 Å². The lowest BCUT2D eigenvalue weighted by Crippen LogP contribution is -2.21. The van der Waals surface area contributed by atoms with E-state index >= 15 is 0 Å². The number of aromatic nitrogens is 2. The minimum Gasteiger partial charge on any atom is -0.495 e. The Morgan fingerprint density at radius 2 is 1.60 bits per heavy atom. The van der Waals surface area contributed by atoms with Crippen LogP contribution in [0.5, 0.6) is 5.75 Å². The van der Waals surface area contributed by atoms with Gasteiger partial charge in [-0.15, -0.1) is 0 Å². The van der Waals surface area contributed by atoms with E-state index in [9.17, 15) is 21.6 Å². The molecule has 188 valence electrons. The minimum absolute atomic E-state index is 0.153. The van der Waals surface area contributed by atoms with E-state index in [4.69, 9.17) is 26.2 Å². The predicted octanol–water partition coefficient (Wildman–Crippen LogP) is 4.17. The third-order valence-electron chi connectivity index (χ3n) is 4.02. The van der Waals surface area contributed by atoms with Crippen molar-refractivity contribution in [3.63, 3.8) is 0 Å². The average molecular weight is 534 g/mol. The number of carboxylic acids is 1. The molecule has 0 fully saturated rings. The maximum atomic E-state index is 11.9. The first-order valence-corrected chi connectivity index (χ1v) is 11.2. The third kappa shape index (κ3) is 8.27. The first kappa shape index (κ1) is 27.6. The summed E-state index contributed by atoms with van der Waals surface area (Å²) >= 11 is 6.03. The van der Waals surface area contributed by atoms with E-state index < -0.39 is 22.2 Å². The number of carbonyl (C=O) groups is 1. The van der Waals surface area contributed by atoms with E-state index in [0.29, 0.717) is 28.1 Å². The maximum Gasteiger partial charge on any atom is 0.490 e. The fourth-order valence-corrected chi connectivity index (χ4v) is 3.36. The molecule has 0 aliphatic rings. The first-order chi connectivity index (χ1) is 16.4. The lowest BCUT2D eigenvalue weighted by Gasteiger charge is -2.11. The van der Waals surface area contributed by atoms with Gasteiger partial charge in [-0.3, -0.25) is 0 Å². The van der Waals surface area contributed by atoms with E-state index in [1.807, 2.05) is 0 Å². The van der Waals surface area contributed by atoms with Crippen molar-refractivity contribution in [2.75, 3.05) is 24.8 Å². The van der Waals surface area contributed by atoms with Crippen LogP contribution < -0.4 is 20.1 Å². The normalized spacial score (nSPS) is 11.1. The monoisotopic (exact) mass is 533 g/mol. The number of halogens is 4. The predicted molar refractivity (Wildman–Crippen MR) is 123 cm³/mol. The van der Waals surface area contributed by atoms with Gasteiger partial charge in [0, 0.05) is 23.5 Å². The second-order valence-corrected chi connectivity index (χ2v) is 8.72. The summed E-state index contributed by atoms with van der Waals surface area (Å²) < 4.78 is 63.1. The molecule has 15 heteroatoms. The Balaban J connectivity index is 0.000000540. The highest BCUT2D eigenvalue weighted by atomic mass is 35.5. The van der Waals surface area contributed by atoms with Crippen molar-refractivity contribution in [3.8, 4) is 5.75 Å². The van der Waals surface area contributed by atoms with E-state index in [1.54, 1.807) is 43.5 Å². The van der Waals surface area contributed by atoms with Crippen molar-refractivity contribution in [1.82, 2.24) is 14.7 Å². The van der Waals surface area contributed by atoms with Crippen LogP contribution >= 0.6 is 11.6 Å². The van der Waals surface area contributed by atoms with Crippen LogP contribution in [0.15, 0.2) is 59.8 Å². The summed E-state index contributed by atoms with van der Waals surface area (Å²) in [5, 5.41) is 13.8. The molecule has 1 aromatic heterocycles. The van der Waals surface area contributed by atoms with Crippen LogP contribution in [0.25, 0.3) is 0 Å². The standard InChI is InChI=1S/C18H18ClN5O3S.C2HF3O2/c1-20-28(25,26)14-5-3-4-12(8-14)23-17-10-18(22-11-21-17)24-13-6-7-15(19)16(9-13)27-2;3-2(4,5)1(6)7/h3-11,20H,1-2H3,(H2,21,22,23,24);(H,6,7). The molecule has 4 N–H and O–H groups in total. The summed E-state index contributed by atoms with van der Waals surface area (Å²) in [5.74, 6) is -1.17. The second kappa shape index (κ2) is 11.7. The number of sulfonamides is 1. The Hall–Kier alpha value is -3.62. The molecule has 0 saturated carbocycles. The molecule has 2 aromatic carbocycles. The van der Waals surface area contributed by atoms with Crippen LogP contribution in [-0.4, -0.2) is 49.8 Å². The number of benzene rings is 2. The molecule has 10 nitrogen and oxygen atoms in total. The fraction of sp³-hybridized carbons (Fsp3) is 0.150. The van der Waals surface area contributed by atoms with Crippen molar-refractivity contribution in [2.24, 2.45) is 0 Å². The molecule has 3 aromatic rings. The molecule has 0 unspecified atom stereocenters. The highest BCUT2D eigenvalue weighted by Gasteiger charge is 2.38. The summed E-state index contributed by atoms with van der Waals surface area (Å²) in [7, 11) is -0.623. The fourth-order valence-electron chi connectivity index (χ4n) is 2.39. The van der Waals surface area contributed by atoms with E-state index in [-0.39, 0.29) is 4.90 Å². The molecule has 0 spiro atoms. The molecular weight excluding hydrogens is 515 g/mol. The quantitative estimate of drug-likeness (QED) is 0.352. The number of nitrogens with zero attached hydrogens (tertiary/aromatic N) is 2. The van der Waals surface area contributed by atoms with E-state index in [1.165, 1.54) is 25.5 Å². The first-order valence-electron chi connectivity index (χ1n) is 9.39. The van der Waals surface area contributed by atoms with Gasteiger partial charge in [0.15, 0.2) is 0 Å². The molecule has 0 amide bonds. The molecule has 1 heterocycles. The molecule has 0 bridgehead atoms. The Morgan fingerprint density at radius 3 is 2.11 bits per heavy atom.